The molecule has 0 radical (unpaired) electrons. The molecule has 0 N–H and O–H groups in total. The lowest BCUT2D eigenvalue weighted by atomic mass is 10.2. The molecule has 4 heteroatoms. The van der Waals surface area contributed by atoms with E-state index in [0.717, 1.165) is 5.56 Å². The lowest BCUT2D eigenvalue weighted by Crippen LogP contribution is -1.99. The van der Waals surface area contributed by atoms with E-state index in [2.05, 4.69) is 5.16 Å². The van der Waals surface area contributed by atoms with Gasteiger partial charge in [0.1, 0.15) is 4.88 Å². The van der Waals surface area contributed by atoms with Crippen LogP contribution in [0.2, 0.25) is 0 Å². The lowest BCUT2D eigenvalue weighted by molar-refractivity contribution is 0.0522. The fourth-order valence-corrected chi connectivity index (χ4v) is 1.96. The zero-order valence-electron chi connectivity index (χ0n) is 10.4. The minimum atomic E-state index is -0.428. The monoisotopic (exact) mass is 271 g/mol. The zero-order chi connectivity index (χ0) is 13.5. The van der Waals surface area contributed by atoms with Gasteiger partial charge < -0.3 is 4.84 Å². The third kappa shape index (κ3) is 4.19. The molecule has 0 unspecified atom stereocenters. The SMILES string of the molecule is CC(C=Cc1ccccc1)=NOC(=O)c1cccs1. The maximum atomic E-state index is 11.5. The molecule has 0 fully saturated rings. The smallest absolute Gasteiger partial charge is 0.312 e. The van der Waals surface area contributed by atoms with E-state index >= 15 is 0 Å². The molecule has 96 valence electrons. The van der Waals surface area contributed by atoms with Crippen molar-refractivity contribution in [1.82, 2.24) is 0 Å². The van der Waals surface area contributed by atoms with Crippen LogP contribution in [0.15, 0.2) is 59.1 Å². The summed E-state index contributed by atoms with van der Waals surface area (Å²) in [5, 5.41) is 5.60. The maximum absolute atomic E-state index is 11.5. The normalized spacial score (nSPS) is 11.7. The van der Waals surface area contributed by atoms with Crippen LogP contribution in [0.25, 0.3) is 6.08 Å². The Labute approximate surface area is 115 Å². The summed E-state index contributed by atoms with van der Waals surface area (Å²) in [6.07, 6.45) is 3.72. The number of carbonyl (C=O) groups is 1. The van der Waals surface area contributed by atoms with Crippen LogP contribution >= 0.6 is 11.3 Å². The largest absolute Gasteiger partial charge is 0.375 e. The highest BCUT2D eigenvalue weighted by Gasteiger charge is 2.07. The van der Waals surface area contributed by atoms with E-state index < -0.39 is 5.97 Å². The van der Waals surface area contributed by atoms with Crippen molar-refractivity contribution >= 4 is 29.1 Å². The molecule has 0 amide bonds. The van der Waals surface area contributed by atoms with Gasteiger partial charge >= 0.3 is 5.97 Å². The van der Waals surface area contributed by atoms with Crippen LogP contribution in [0, 0.1) is 0 Å². The number of allylic oxidation sites excluding steroid dienone is 1. The van der Waals surface area contributed by atoms with E-state index in [-0.39, 0.29) is 0 Å². The van der Waals surface area contributed by atoms with Gasteiger partial charge in [-0.1, -0.05) is 47.6 Å². The lowest BCUT2D eigenvalue weighted by Gasteiger charge is -1.95. The van der Waals surface area contributed by atoms with Gasteiger partial charge in [-0.25, -0.2) is 4.79 Å². The van der Waals surface area contributed by atoms with Crippen LogP contribution in [0.5, 0.6) is 0 Å². The molecule has 0 saturated heterocycles. The van der Waals surface area contributed by atoms with Gasteiger partial charge in [-0.05, 0) is 30.0 Å². The van der Waals surface area contributed by atoms with Crippen LogP contribution in [-0.4, -0.2) is 11.7 Å². The topological polar surface area (TPSA) is 38.7 Å². The number of thiophene rings is 1. The van der Waals surface area contributed by atoms with E-state index in [0.29, 0.717) is 10.6 Å². The fourth-order valence-electron chi connectivity index (χ4n) is 1.36. The summed E-state index contributed by atoms with van der Waals surface area (Å²) >= 11 is 1.33. The first-order chi connectivity index (χ1) is 9.25. The number of hydrogen-bond acceptors (Lipinski definition) is 4. The molecule has 0 saturated carbocycles. The Hall–Kier alpha value is -2.20. The average molecular weight is 271 g/mol. The Kier molecular flexibility index (Phi) is 4.64. The summed E-state index contributed by atoms with van der Waals surface area (Å²) in [4.78, 5) is 16.9. The first kappa shape index (κ1) is 13.2. The van der Waals surface area contributed by atoms with E-state index in [1.54, 1.807) is 25.1 Å². The van der Waals surface area contributed by atoms with E-state index in [1.165, 1.54) is 11.3 Å². The summed E-state index contributed by atoms with van der Waals surface area (Å²) in [6.45, 7) is 1.78. The van der Waals surface area contributed by atoms with Crippen molar-refractivity contribution in [3.05, 3.63) is 64.4 Å². The second-order valence-corrected chi connectivity index (χ2v) is 4.78. The maximum Gasteiger partial charge on any atom is 0.375 e. The summed E-state index contributed by atoms with van der Waals surface area (Å²) in [5.41, 5.74) is 1.70. The molecular formula is C15H13NO2S. The summed E-state index contributed by atoms with van der Waals surface area (Å²) in [7, 11) is 0. The molecular weight excluding hydrogens is 258 g/mol. The Balaban J connectivity index is 1.93. The summed E-state index contributed by atoms with van der Waals surface area (Å²) < 4.78 is 0. The molecule has 0 bridgehead atoms. The number of oxime groups is 1. The standard InChI is InChI=1S/C15H13NO2S/c1-12(9-10-13-6-3-2-4-7-13)16-18-15(17)14-8-5-11-19-14/h2-11H,1H3. The highest BCUT2D eigenvalue weighted by molar-refractivity contribution is 7.11. The molecule has 1 aromatic heterocycles. The first-order valence-electron chi connectivity index (χ1n) is 5.78. The van der Waals surface area contributed by atoms with Gasteiger partial charge in [0.05, 0.1) is 5.71 Å². The zero-order valence-corrected chi connectivity index (χ0v) is 11.3. The van der Waals surface area contributed by atoms with E-state index in [4.69, 9.17) is 4.84 Å². The molecule has 1 heterocycles. The second kappa shape index (κ2) is 6.66. The number of carbonyl (C=O) groups excluding carboxylic acids is 1. The van der Waals surface area contributed by atoms with Crippen LogP contribution in [0.3, 0.4) is 0 Å². The fraction of sp³-hybridized carbons (Fsp3) is 0.0667. The third-order valence-corrected chi connectivity index (χ3v) is 3.16. The van der Waals surface area contributed by atoms with Crippen molar-refractivity contribution in [3.63, 3.8) is 0 Å². The van der Waals surface area contributed by atoms with Crippen molar-refractivity contribution in [1.29, 1.82) is 0 Å². The third-order valence-electron chi connectivity index (χ3n) is 2.31. The molecule has 2 rings (SSSR count). The van der Waals surface area contributed by atoms with Gasteiger partial charge in [-0.2, -0.15) is 0 Å². The van der Waals surface area contributed by atoms with Crippen LogP contribution in [0.1, 0.15) is 22.2 Å². The molecule has 0 aliphatic heterocycles. The average Bonchev–Trinajstić information content (AvgIpc) is 2.98. The Bertz CT molecular complexity index is 586. The number of hydrogen-bond donors (Lipinski definition) is 0. The molecule has 0 spiro atoms. The Morgan fingerprint density at radius 1 is 1.21 bits per heavy atom. The van der Waals surface area contributed by atoms with Crippen LogP contribution in [0.4, 0.5) is 0 Å². The Morgan fingerprint density at radius 3 is 2.68 bits per heavy atom. The van der Waals surface area contributed by atoms with Crippen molar-refractivity contribution < 1.29 is 9.63 Å². The van der Waals surface area contributed by atoms with Crippen molar-refractivity contribution in [2.45, 2.75) is 6.92 Å². The van der Waals surface area contributed by atoms with Crippen LogP contribution in [-0.2, 0) is 4.84 Å². The Morgan fingerprint density at radius 2 is 2.00 bits per heavy atom. The minimum Gasteiger partial charge on any atom is -0.312 e. The highest BCUT2D eigenvalue weighted by Crippen LogP contribution is 2.10. The number of rotatable bonds is 4. The molecule has 1 aromatic carbocycles. The molecule has 0 atom stereocenters. The molecule has 0 aliphatic rings. The van der Waals surface area contributed by atoms with Gasteiger partial charge in [0.15, 0.2) is 0 Å². The van der Waals surface area contributed by atoms with Gasteiger partial charge in [0, 0.05) is 0 Å². The van der Waals surface area contributed by atoms with Gasteiger partial charge in [0.2, 0.25) is 0 Å². The summed E-state index contributed by atoms with van der Waals surface area (Å²) in [5.74, 6) is -0.428. The number of nitrogens with zero attached hydrogens (tertiary/aromatic N) is 1. The quantitative estimate of drug-likeness (QED) is 0.479. The summed E-state index contributed by atoms with van der Waals surface area (Å²) in [6, 6.07) is 13.4. The van der Waals surface area contributed by atoms with Gasteiger partial charge in [0.25, 0.3) is 0 Å². The van der Waals surface area contributed by atoms with Gasteiger partial charge in [-0.3, -0.25) is 0 Å². The van der Waals surface area contributed by atoms with E-state index in [1.807, 2.05) is 41.8 Å². The van der Waals surface area contributed by atoms with Crippen molar-refractivity contribution in [2.24, 2.45) is 5.16 Å². The van der Waals surface area contributed by atoms with E-state index in [9.17, 15) is 4.79 Å². The second-order valence-electron chi connectivity index (χ2n) is 3.83. The predicted octanol–water partition coefficient (Wildman–Crippen LogP) is 3.99. The van der Waals surface area contributed by atoms with Crippen LogP contribution < -0.4 is 0 Å². The predicted molar refractivity (Wildman–Crippen MR) is 78.3 cm³/mol. The van der Waals surface area contributed by atoms with Gasteiger partial charge in [-0.15, -0.1) is 11.3 Å². The molecule has 19 heavy (non-hydrogen) atoms. The highest BCUT2D eigenvalue weighted by atomic mass is 32.1. The molecule has 3 nitrogen and oxygen atoms in total. The minimum absolute atomic E-state index is 0.428. The molecule has 0 aliphatic carbocycles. The number of benzene rings is 1. The van der Waals surface area contributed by atoms with Crippen molar-refractivity contribution in [3.8, 4) is 0 Å². The first-order valence-corrected chi connectivity index (χ1v) is 6.66. The molecule has 2 aromatic rings. The van der Waals surface area contributed by atoms with Crippen molar-refractivity contribution in [2.75, 3.05) is 0 Å².